The molecule has 2 heterocycles. The third-order valence-corrected chi connectivity index (χ3v) is 5.92. The Kier molecular flexibility index (Phi) is 6.90. The third kappa shape index (κ3) is 4.85. The molecule has 2 aliphatic heterocycles. The van der Waals surface area contributed by atoms with E-state index < -0.39 is 0 Å². The molecule has 0 saturated carbocycles. The van der Waals surface area contributed by atoms with E-state index in [1.165, 1.54) is 5.56 Å². The molecular formula is C24H30N2O6. The van der Waals surface area contributed by atoms with E-state index in [0.29, 0.717) is 30.1 Å². The highest BCUT2D eigenvalue weighted by atomic mass is 16.7. The van der Waals surface area contributed by atoms with Gasteiger partial charge in [-0.1, -0.05) is 6.07 Å². The van der Waals surface area contributed by atoms with Gasteiger partial charge < -0.3 is 28.6 Å². The number of amides is 1. The number of carbonyl (C=O) groups excluding carboxylic acids is 1. The summed E-state index contributed by atoms with van der Waals surface area (Å²) < 4.78 is 27.0. The van der Waals surface area contributed by atoms with Crippen LogP contribution >= 0.6 is 0 Å². The minimum Gasteiger partial charge on any atom is -0.493 e. The van der Waals surface area contributed by atoms with Gasteiger partial charge in [-0.2, -0.15) is 0 Å². The van der Waals surface area contributed by atoms with Crippen LogP contribution in [0.4, 0.5) is 0 Å². The van der Waals surface area contributed by atoms with Crippen molar-refractivity contribution in [2.45, 2.75) is 19.4 Å². The van der Waals surface area contributed by atoms with E-state index in [9.17, 15) is 4.79 Å². The predicted molar refractivity (Wildman–Crippen MR) is 119 cm³/mol. The summed E-state index contributed by atoms with van der Waals surface area (Å²) in [6, 6.07) is 9.87. The van der Waals surface area contributed by atoms with Crippen LogP contribution in [-0.4, -0.2) is 70.0 Å². The normalized spacial score (nSPS) is 15.5. The highest BCUT2D eigenvalue weighted by molar-refractivity contribution is 5.76. The van der Waals surface area contributed by atoms with Crippen LogP contribution in [0.25, 0.3) is 0 Å². The summed E-state index contributed by atoms with van der Waals surface area (Å²) in [4.78, 5) is 17.1. The second kappa shape index (κ2) is 9.99. The van der Waals surface area contributed by atoms with Gasteiger partial charge in [-0.25, -0.2) is 0 Å². The standard InChI is InChI=1S/C24H30N2O6/c1-28-21-12-17(13-22(29-2)24(21)30-3)5-7-23(27)26-10-8-25(9-11-26)15-18-4-6-19-20(14-18)32-16-31-19/h4,6,12-14H,5,7-11,15-16H2,1-3H3. The lowest BCUT2D eigenvalue weighted by Gasteiger charge is -2.35. The van der Waals surface area contributed by atoms with Crippen LogP contribution in [0.2, 0.25) is 0 Å². The fourth-order valence-corrected chi connectivity index (χ4v) is 4.14. The Bertz CT molecular complexity index is 930. The van der Waals surface area contributed by atoms with E-state index >= 15 is 0 Å². The molecule has 8 nitrogen and oxygen atoms in total. The molecule has 0 N–H and O–H groups in total. The number of nitrogens with zero attached hydrogens (tertiary/aromatic N) is 2. The lowest BCUT2D eigenvalue weighted by Crippen LogP contribution is -2.48. The van der Waals surface area contributed by atoms with Crippen molar-refractivity contribution >= 4 is 5.91 Å². The van der Waals surface area contributed by atoms with Crippen LogP contribution in [0.1, 0.15) is 17.5 Å². The quantitative estimate of drug-likeness (QED) is 0.623. The summed E-state index contributed by atoms with van der Waals surface area (Å²) in [6.07, 6.45) is 1.06. The molecule has 1 saturated heterocycles. The zero-order valence-electron chi connectivity index (χ0n) is 18.9. The molecule has 2 aromatic rings. The van der Waals surface area contributed by atoms with Crippen LogP contribution in [0, 0.1) is 0 Å². The molecule has 2 aromatic carbocycles. The van der Waals surface area contributed by atoms with Crippen molar-refractivity contribution in [3.63, 3.8) is 0 Å². The van der Waals surface area contributed by atoms with Gasteiger partial charge in [0.2, 0.25) is 18.4 Å². The van der Waals surface area contributed by atoms with Gasteiger partial charge in [0.05, 0.1) is 21.3 Å². The van der Waals surface area contributed by atoms with Gasteiger partial charge in [0.15, 0.2) is 23.0 Å². The van der Waals surface area contributed by atoms with Crippen LogP contribution < -0.4 is 23.7 Å². The molecule has 0 aromatic heterocycles. The Morgan fingerprint density at radius 3 is 2.22 bits per heavy atom. The summed E-state index contributed by atoms with van der Waals surface area (Å²) >= 11 is 0. The first-order valence-corrected chi connectivity index (χ1v) is 10.8. The average molecular weight is 443 g/mol. The van der Waals surface area contributed by atoms with E-state index in [1.54, 1.807) is 21.3 Å². The Labute approximate surface area is 188 Å². The molecule has 172 valence electrons. The van der Waals surface area contributed by atoms with Crippen molar-refractivity contribution in [3.8, 4) is 28.7 Å². The highest BCUT2D eigenvalue weighted by Crippen LogP contribution is 2.38. The first-order chi connectivity index (χ1) is 15.6. The van der Waals surface area contributed by atoms with E-state index in [2.05, 4.69) is 11.0 Å². The zero-order chi connectivity index (χ0) is 22.5. The SMILES string of the molecule is COc1cc(CCC(=O)N2CCN(Cc3ccc4c(c3)OCO4)CC2)cc(OC)c1OC. The molecule has 8 heteroatoms. The smallest absolute Gasteiger partial charge is 0.231 e. The summed E-state index contributed by atoms with van der Waals surface area (Å²) in [6.45, 7) is 4.30. The molecule has 0 unspecified atom stereocenters. The van der Waals surface area contributed by atoms with Gasteiger partial charge in [0, 0.05) is 39.1 Å². The van der Waals surface area contributed by atoms with Gasteiger partial charge in [-0.05, 0) is 41.8 Å². The maximum atomic E-state index is 12.8. The lowest BCUT2D eigenvalue weighted by molar-refractivity contribution is -0.133. The van der Waals surface area contributed by atoms with E-state index in [0.717, 1.165) is 49.8 Å². The summed E-state index contributed by atoms with van der Waals surface area (Å²) in [5, 5.41) is 0. The summed E-state index contributed by atoms with van der Waals surface area (Å²) in [5.74, 6) is 3.54. The lowest BCUT2D eigenvalue weighted by atomic mass is 10.1. The topological polar surface area (TPSA) is 69.7 Å². The molecule has 4 rings (SSSR count). The van der Waals surface area contributed by atoms with Gasteiger partial charge in [0.25, 0.3) is 0 Å². The second-order valence-electron chi connectivity index (χ2n) is 7.88. The third-order valence-electron chi connectivity index (χ3n) is 5.92. The molecule has 0 bridgehead atoms. The molecule has 0 atom stereocenters. The predicted octanol–water partition coefficient (Wildman–Crippen LogP) is 2.72. The van der Waals surface area contributed by atoms with E-state index in [-0.39, 0.29) is 12.7 Å². The van der Waals surface area contributed by atoms with Gasteiger partial charge in [0.1, 0.15) is 0 Å². The van der Waals surface area contributed by atoms with Gasteiger partial charge >= 0.3 is 0 Å². The van der Waals surface area contributed by atoms with Crippen molar-refractivity contribution in [2.75, 3.05) is 54.3 Å². The summed E-state index contributed by atoms with van der Waals surface area (Å²) in [7, 11) is 4.76. The van der Waals surface area contributed by atoms with Crippen molar-refractivity contribution in [1.82, 2.24) is 9.80 Å². The van der Waals surface area contributed by atoms with Gasteiger partial charge in [-0.15, -0.1) is 0 Å². The average Bonchev–Trinajstić information content (AvgIpc) is 3.30. The fraction of sp³-hybridized carbons (Fsp3) is 0.458. The first kappa shape index (κ1) is 22.1. The van der Waals surface area contributed by atoms with Crippen LogP contribution in [0.15, 0.2) is 30.3 Å². The minimum absolute atomic E-state index is 0.168. The molecular weight excluding hydrogens is 412 g/mol. The number of methoxy groups -OCH3 is 3. The van der Waals surface area contributed by atoms with Crippen LogP contribution in [-0.2, 0) is 17.8 Å². The Balaban J connectivity index is 1.28. The van der Waals surface area contributed by atoms with Crippen molar-refractivity contribution in [1.29, 1.82) is 0 Å². The largest absolute Gasteiger partial charge is 0.493 e. The van der Waals surface area contributed by atoms with E-state index in [1.807, 2.05) is 29.2 Å². The van der Waals surface area contributed by atoms with Crippen LogP contribution in [0.5, 0.6) is 28.7 Å². The van der Waals surface area contributed by atoms with E-state index in [4.69, 9.17) is 23.7 Å². The number of hydrogen-bond donors (Lipinski definition) is 0. The maximum Gasteiger partial charge on any atom is 0.231 e. The highest BCUT2D eigenvalue weighted by Gasteiger charge is 2.22. The van der Waals surface area contributed by atoms with Crippen molar-refractivity contribution in [2.24, 2.45) is 0 Å². The number of ether oxygens (including phenoxy) is 5. The molecule has 0 radical (unpaired) electrons. The Morgan fingerprint density at radius 1 is 0.875 bits per heavy atom. The first-order valence-electron chi connectivity index (χ1n) is 10.8. The number of hydrogen-bond acceptors (Lipinski definition) is 7. The van der Waals surface area contributed by atoms with Crippen LogP contribution in [0.3, 0.4) is 0 Å². The fourth-order valence-electron chi connectivity index (χ4n) is 4.14. The Hall–Kier alpha value is -3.13. The monoisotopic (exact) mass is 442 g/mol. The van der Waals surface area contributed by atoms with Crippen molar-refractivity contribution < 1.29 is 28.5 Å². The number of rotatable bonds is 8. The molecule has 0 spiro atoms. The number of fused-ring (bicyclic) bond motifs is 1. The van der Waals surface area contributed by atoms with Crippen molar-refractivity contribution in [3.05, 3.63) is 41.5 Å². The second-order valence-corrected chi connectivity index (χ2v) is 7.88. The molecule has 1 amide bonds. The van der Waals surface area contributed by atoms with Gasteiger partial charge in [-0.3, -0.25) is 9.69 Å². The number of aryl methyl sites for hydroxylation is 1. The minimum atomic E-state index is 0.168. The summed E-state index contributed by atoms with van der Waals surface area (Å²) in [5.41, 5.74) is 2.17. The maximum absolute atomic E-state index is 12.8. The molecule has 32 heavy (non-hydrogen) atoms. The molecule has 1 fully saturated rings. The Morgan fingerprint density at radius 2 is 1.56 bits per heavy atom. The molecule has 0 aliphatic carbocycles. The zero-order valence-corrected chi connectivity index (χ0v) is 18.9. The molecule has 2 aliphatic rings. The number of carbonyl (C=O) groups is 1. The number of piperazine rings is 1. The number of benzene rings is 2.